The Kier molecular flexibility index (Phi) is 6.44. The van der Waals surface area contributed by atoms with Gasteiger partial charge in [0.25, 0.3) is 0 Å². The number of hydrogen-bond donors (Lipinski definition) is 3. The molecule has 0 aliphatic carbocycles. The van der Waals surface area contributed by atoms with Gasteiger partial charge in [0.05, 0.1) is 17.7 Å². The van der Waals surface area contributed by atoms with E-state index in [-0.39, 0.29) is 5.91 Å². The molecule has 0 saturated heterocycles. The number of rotatable bonds is 7. The molecule has 1 aromatic carbocycles. The summed E-state index contributed by atoms with van der Waals surface area (Å²) in [6, 6.07) is 7.62. The fraction of sp³-hybridized carbons (Fsp3) is 0.250. The molecular formula is C16H18N4O3S. The van der Waals surface area contributed by atoms with E-state index in [2.05, 4.69) is 20.6 Å². The van der Waals surface area contributed by atoms with Crippen LogP contribution in [0, 0.1) is 0 Å². The lowest BCUT2D eigenvalue weighted by atomic mass is 10.1. The van der Waals surface area contributed by atoms with E-state index in [0.717, 1.165) is 31.3 Å². The summed E-state index contributed by atoms with van der Waals surface area (Å²) in [6.45, 7) is 1.46. The van der Waals surface area contributed by atoms with Crippen molar-refractivity contribution in [1.82, 2.24) is 10.3 Å². The minimum Gasteiger partial charge on any atom is -0.465 e. The first-order valence-electron chi connectivity index (χ1n) is 7.36. The van der Waals surface area contributed by atoms with Crippen LogP contribution in [0.1, 0.15) is 24.6 Å². The molecule has 2 aromatic rings. The summed E-state index contributed by atoms with van der Waals surface area (Å²) in [7, 11) is 0. The molecular weight excluding hydrogens is 328 g/mol. The number of aliphatic imine (C=N–C) groups is 1. The van der Waals surface area contributed by atoms with Crippen LogP contribution in [0.5, 0.6) is 0 Å². The Bertz CT molecular complexity index is 725. The molecule has 7 nitrogen and oxygen atoms in total. The number of nitrogens with one attached hydrogen (secondary N) is 2. The van der Waals surface area contributed by atoms with Crippen molar-refractivity contribution in [3.8, 4) is 0 Å². The number of amides is 2. The topological polar surface area (TPSA) is 104 Å². The lowest BCUT2D eigenvalue weighted by molar-refractivity contribution is -0.114. The van der Waals surface area contributed by atoms with Gasteiger partial charge in [0.2, 0.25) is 5.91 Å². The van der Waals surface area contributed by atoms with E-state index in [1.165, 1.54) is 23.8 Å². The molecule has 1 aromatic heterocycles. The fourth-order valence-corrected chi connectivity index (χ4v) is 2.80. The predicted molar refractivity (Wildman–Crippen MR) is 94.2 cm³/mol. The molecule has 0 unspecified atom stereocenters. The third-order valence-electron chi connectivity index (χ3n) is 3.07. The van der Waals surface area contributed by atoms with Crippen molar-refractivity contribution >= 4 is 40.5 Å². The first-order chi connectivity index (χ1) is 11.5. The molecule has 126 valence electrons. The molecule has 1 heterocycles. The highest BCUT2D eigenvalue weighted by Crippen LogP contribution is 2.18. The van der Waals surface area contributed by atoms with Crippen LogP contribution in [-0.4, -0.2) is 28.4 Å². The van der Waals surface area contributed by atoms with E-state index in [9.17, 15) is 9.59 Å². The summed E-state index contributed by atoms with van der Waals surface area (Å²) in [6.07, 6.45) is 2.71. The normalized spacial score (nSPS) is 10.7. The van der Waals surface area contributed by atoms with Gasteiger partial charge in [-0.1, -0.05) is 12.1 Å². The van der Waals surface area contributed by atoms with Crippen LogP contribution in [0.15, 0.2) is 34.6 Å². The van der Waals surface area contributed by atoms with E-state index >= 15 is 0 Å². The molecule has 0 bridgehead atoms. The SMILES string of the molecule is CC(=O)Nc1nc(CCCc2ccc(N=CNC(=O)O)cc2)cs1. The summed E-state index contributed by atoms with van der Waals surface area (Å²) < 4.78 is 0. The molecule has 0 radical (unpaired) electrons. The molecule has 0 saturated carbocycles. The molecule has 8 heteroatoms. The quantitative estimate of drug-likeness (QED) is 0.529. The van der Waals surface area contributed by atoms with Gasteiger partial charge in [-0.2, -0.15) is 0 Å². The molecule has 0 fully saturated rings. The number of aromatic nitrogens is 1. The van der Waals surface area contributed by atoms with Crippen molar-refractivity contribution in [3.63, 3.8) is 0 Å². The van der Waals surface area contributed by atoms with Crippen LogP contribution in [0.3, 0.4) is 0 Å². The average Bonchev–Trinajstić information content (AvgIpc) is 2.95. The average molecular weight is 346 g/mol. The maximum Gasteiger partial charge on any atom is 0.409 e. The monoisotopic (exact) mass is 346 g/mol. The molecule has 0 aliphatic heterocycles. The highest BCUT2D eigenvalue weighted by atomic mass is 32.1. The van der Waals surface area contributed by atoms with Crippen molar-refractivity contribution in [3.05, 3.63) is 40.9 Å². The second-order valence-corrected chi connectivity index (χ2v) is 5.91. The molecule has 3 N–H and O–H groups in total. The summed E-state index contributed by atoms with van der Waals surface area (Å²) in [5, 5.41) is 15.8. The Morgan fingerprint density at radius 2 is 2.04 bits per heavy atom. The number of thiazole rings is 1. The zero-order chi connectivity index (χ0) is 17.4. The van der Waals surface area contributed by atoms with Gasteiger partial charge in [0.1, 0.15) is 0 Å². The molecule has 0 atom stereocenters. The first-order valence-corrected chi connectivity index (χ1v) is 8.24. The largest absolute Gasteiger partial charge is 0.465 e. The zero-order valence-corrected chi connectivity index (χ0v) is 14.0. The number of anilines is 1. The lowest BCUT2D eigenvalue weighted by Gasteiger charge is -2.01. The van der Waals surface area contributed by atoms with Crippen LogP contribution in [-0.2, 0) is 17.6 Å². The molecule has 24 heavy (non-hydrogen) atoms. The fourth-order valence-electron chi connectivity index (χ4n) is 2.01. The number of carbonyl (C=O) groups excluding carboxylic acids is 1. The number of carbonyl (C=O) groups is 2. The molecule has 2 rings (SSSR count). The van der Waals surface area contributed by atoms with E-state index in [0.29, 0.717) is 10.8 Å². The Labute approximate surface area is 143 Å². The third-order valence-corrected chi connectivity index (χ3v) is 3.88. The van der Waals surface area contributed by atoms with Crippen molar-refractivity contribution in [1.29, 1.82) is 0 Å². The minimum atomic E-state index is -1.14. The van der Waals surface area contributed by atoms with Crippen LogP contribution in [0.25, 0.3) is 0 Å². The van der Waals surface area contributed by atoms with E-state index in [1.807, 2.05) is 29.6 Å². The third kappa shape index (κ3) is 6.17. The van der Waals surface area contributed by atoms with Gasteiger partial charge in [0.15, 0.2) is 5.13 Å². The van der Waals surface area contributed by atoms with E-state index in [1.54, 1.807) is 0 Å². The Hall–Kier alpha value is -2.74. The number of nitrogens with zero attached hydrogens (tertiary/aromatic N) is 2. The number of hydrogen-bond acceptors (Lipinski definition) is 5. The van der Waals surface area contributed by atoms with Crippen LogP contribution in [0.2, 0.25) is 0 Å². The van der Waals surface area contributed by atoms with Crippen LogP contribution in [0.4, 0.5) is 15.6 Å². The maximum atomic E-state index is 11.0. The summed E-state index contributed by atoms with van der Waals surface area (Å²) in [5.74, 6) is -0.114. The van der Waals surface area contributed by atoms with Crippen molar-refractivity contribution in [2.45, 2.75) is 26.2 Å². The van der Waals surface area contributed by atoms with Gasteiger partial charge < -0.3 is 10.4 Å². The van der Waals surface area contributed by atoms with Crippen LogP contribution < -0.4 is 10.6 Å². The first kappa shape index (κ1) is 17.6. The molecule has 2 amide bonds. The Morgan fingerprint density at radius 1 is 1.29 bits per heavy atom. The number of benzene rings is 1. The van der Waals surface area contributed by atoms with Gasteiger partial charge in [0, 0.05) is 12.3 Å². The standard InChI is InChI=1S/C16H18N4O3S/c1-11(21)19-15-20-14(9-24-15)4-2-3-12-5-7-13(8-6-12)17-10-18-16(22)23/h5-10H,2-4H2,1H3,(H,17,18)(H,22,23)(H,19,20,21). The zero-order valence-electron chi connectivity index (χ0n) is 13.2. The van der Waals surface area contributed by atoms with Crippen LogP contribution >= 0.6 is 11.3 Å². The lowest BCUT2D eigenvalue weighted by Crippen LogP contribution is -2.17. The minimum absolute atomic E-state index is 0.114. The highest BCUT2D eigenvalue weighted by molar-refractivity contribution is 7.13. The summed E-state index contributed by atoms with van der Waals surface area (Å²) >= 11 is 1.43. The van der Waals surface area contributed by atoms with E-state index in [4.69, 9.17) is 5.11 Å². The second kappa shape index (κ2) is 8.78. The maximum absolute atomic E-state index is 11.0. The van der Waals surface area contributed by atoms with Crippen molar-refractivity contribution in [2.24, 2.45) is 4.99 Å². The van der Waals surface area contributed by atoms with Gasteiger partial charge in [-0.3, -0.25) is 10.1 Å². The molecule has 0 aliphatic rings. The Balaban J connectivity index is 1.78. The van der Waals surface area contributed by atoms with Gasteiger partial charge in [-0.15, -0.1) is 11.3 Å². The smallest absolute Gasteiger partial charge is 0.409 e. The van der Waals surface area contributed by atoms with Gasteiger partial charge >= 0.3 is 6.09 Å². The number of carboxylic acid groups (broad SMARTS) is 1. The van der Waals surface area contributed by atoms with Gasteiger partial charge in [-0.05, 0) is 37.0 Å². The van der Waals surface area contributed by atoms with Crippen molar-refractivity contribution < 1.29 is 14.7 Å². The number of aryl methyl sites for hydroxylation is 2. The summed E-state index contributed by atoms with van der Waals surface area (Å²) in [5.41, 5.74) is 2.84. The molecule has 0 spiro atoms. The Morgan fingerprint density at radius 3 is 2.71 bits per heavy atom. The highest BCUT2D eigenvalue weighted by Gasteiger charge is 2.03. The van der Waals surface area contributed by atoms with E-state index < -0.39 is 6.09 Å². The van der Waals surface area contributed by atoms with Crippen molar-refractivity contribution in [2.75, 3.05) is 5.32 Å². The predicted octanol–water partition coefficient (Wildman–Crippen LogP) is 3.20. The second-order valence-electron chi connectivity index (χ2n) is 5.05. The van der Waals surface area contributed by atoms with Gasteiger partial charge in [-0.25, -0.2) is 14.8 Å². The summed E-state index contributed by atoms with van der Waals surface area (Å²) in [4.78, 5) is 29.6.